The average molecular weight is 379 g/mol. The van der Waals surface area contributed by atoms with Gasteiger partial charge in [-0.15, -0.1) is 0 Å². The number of hydrogen-bond donors (Lipinski definition) is 2. The molecular weight excluding hydrogens is 350 g/mol. The Balaban J connectivity index is 1.45. The van der Waals surface area contributed by atoms with Gasteiger partial charge in [-0.1, -0.05) is 5.16 Å². The van der Waals surface area contributed by atoms with Gasteiger partial charge < -0.3 is 14.9 Å². The third-order valence-electron chi connectivity index (χ3n) is 5.33. The van der Waals surface area contributed by atoms with E-state index in [1.807, 2.05) is 13.8 Å². The topological polar surface area (TPSA) is 102 Å². The quantitative estimate of drug-likeness (QED) is 0.676. The minimum Gasteiger partial charge on any atom is -0.390 e. The number of imide groups is 1. The molecule has 0 aromatic carbocycles. The molecule has 1 aromatic rings. The van der Waals surface area contributed by atoms with Crippen LogP contribution >= 0.6 is 0 Å². The summed E-state index contributed by atoms with van der Waals surface area (Å²) in [5.41, 5.74) is 1.17. The summed E-state index contributed by atoms with van der Waals surface area (Å²) in [6, 6.07) is -0.437. The largest absolute Gasteiger partial charge is 0.390 e. The number of amides is 3. The third-order valence-corrected chi connectivity index (χ3v) is 5.33. The number of β-amino-alcohol motifs (C(OH)–C–C–N with tert-alkyl or cyclic N) is 1. The highest BCUT2D eigenvalue weighted by Gasteiger charge is 2.44. The van der Waals surface area contributed by atoms with Crippen LogP contribution in [0.25, 0.3) is 0 Å². The van der Waals surface area contributed by atoms with Crippen LogP contribution in [0.5, 0.6) is 0 Å². The van der Waals surface area contributed by atoms with Crippen molar-refractivity contribution in [1.82, 2.24) is 25.2 Å². The number of aryl methyl sites for hydroxylation is 2. The van der Waals surface area contributed by atoms with Crippen LogP contribution in [0.15, 0.2) is 4.52 Å². The van der Waals surface area contributed by atoms with Crippen LogP contribution in [0.2, 0.25) is 0 Å². The molecule has 0 unspecified atom stereocenters. The number of piperazine rings is 1. The van der Waals surface area contributed by atoms with Crippen molar-refractivity contribution in [3.63, 3.8) is 0 Å². The number of aromatic nitrogens is 1. The smallest absolute Gasteiger partial charge is 0.325 e. The van der Waals surface area contributed by atoms with Crippen LogP contribution in [0.4, 0.5) is 4.79 Å². The Morgan fingerprint density at radius 1 is 1.15 bits per heavy atom. The average Bonchev–Trinajstić information content (AvgIpc) is 3.01. The van der Waals surface area contributed by atoms with Crippen molar-refractivity contribution in [2.75, 3.05) is 39.3 Å². The molecule has 0 spiro atoms. The molecule has 1 atom stereocenters. The predicted octanol–water partition coefficient (Wildman–Crippen LogP) is 0.100. The fourth-order valence-electron chi connectivity index (χ4n) is 3.63. The summed E-state index contributed by atoms with van der Waals surface area (Å²) in [5, 5.41) is 17.0. The molecule has 2 aliphatic rings. The number of nitrogens with one attached hydrogen (secondary N) is 1. The number of rotatable bonds is 6. The molecule has 0 aliphatic carbocycles. The summed E-state index contributed by atoms with van der Waals surface area (Å²) < 4.78 is 5.22. The molecule has 0 radical (unpaired) electrons. The standard InChI is InChI=1S/C18H29N5O4/c1-12-15(13(2)27-20-12)11-22-7-5-21(6-8-22)9-14(24)10-23-16(25)18(3,4)19-17(23)26/h14,24H,5-11H2,1-4H3,(H,19,26)/t14-/m0/s1. The van der Waals surface area contributed by atoms with Crippen molar-refractivity contribution in [3.8, 4) is 0 Å². The molecule has 3 amide bonds. The van der Waals surface area contributed by atoms with Crippen molar-refractivity contribution in [1.29, 1.82) is 0 Å². The van der Waals surface area contributed by atoms with Gasteiger partial charge in [0.05, 0.1) is 18.3 Å². The van der Waals surface area contributed by atoms with Crippen LogP contribution in [0, 0.1) is 13.8 Å². The third kappa shape index (κ3) is 4.31. The lowest BCUT2D eigenvalue weighted by Crippen LogP contribution is -2.50. The highest BCUT2D eigenvalue weighted by molar-refractivity contribution is 6.06. The maximum Gasteiger partial charge on any atom is 0.325 e. The Bertz CT molecular complexity index is 689. The Hall–Kier alpha value is -1.97. The van der Waals surface area contributed by atoms with Gasteiger partial charge in [0, 0.05) is 44.8 Å². The van der Waals surface area contributed by atoms with E-state index in [-0.39, 0.29) is 12.5 Å². The van der Waals surface area contributed by atoms with Gasteiger partial charge in [-0.3, -0.25) is 19.5 Å². The van der Waals surface area contributed by atoms with Gasteiger partial charge >= 0.3 is 6.03 Å². The van der Waals surface area contributed by atoms with Crippen LogP contribution in [-0.2, 0) is 11.3 Å². The summed E-state index contributed by atoms with van der Waals surface area (Å²) >= 11 is 0. The van der Waals surface area contributed by atoms with Gasteiger partial charge in [-0.2, -0.15) is 0 Å². The maximum absolute atomic E-state index is 12.2. The fraction of sp³-hybridized carbons (Fsp3) is 0.722. The van der Waals surface area contributed by atoms with E-state index in [1.165, 1.54) is 0 Å². The monoisotopic (exact) mass is 379 g/mol. The SMILES string of the molecule is Cc1noc(C)c1CN1CCN(C[C@H](O)CN2C(=O)NC(C)(C)C2=O)CC1. The molecule has 1 aromatic heterocycles. The molecular formula is C18H29N5O4. The lowest BCUT2D eigenvalue weighted by Gasteiger charge is -2.35. The number of aliphatic hydroxyl groups excluding tert-OH is 1. The molecule has 27 heavy (non-hydrogen) atoms. The molecule has 3 rings (SSSR count). The second-order valence-corrected chi connectivity index (χ2v) is 8.00. The summed E-state index contributed by atoms with van der Waals surface area (Å²) in [6.45, 7) is 11.9. The van der Waals surface area contributed by atoms with Crippen molar-refractivity contribution in [2.24, 2.45) is 0 Å². The molecule has 2 fully saturated rings. The van der Waals surface area contributed by atoms with E-state index in [0.717, 1.165) is 54.6 Å². The van der Waals surface area contributed by atoms with E-state index in [1.54, 1.807) is 13.8 Å². The number of hydrogen-bond acceptors (Lipinski definition) is 7. The molecule has 3 heterocycles. The first-order chi connectivity index (χ1) is 12.7. The normalized spacial score (nSPS) is 22.3. The second kappa shape index (κ2) is 7.57. The number of aliphatic hydroxyl groups is 1. The second-order valence-electron chi connectivity index (χ2n) is 8.00. The predicted molar refractivity (Wildman–Crippen MR) is 98.0 cm³/mol. The molecule has 9 heteroatoms. The van der Waals surface area contributed by atoms with Gasteiger partial charge in [-0.05, 0) is 27.7 Å². The molecule has 0 bridgehead atoms. The number of carbonyl (C=O) groups excluding carboxylic acids is 2. The first-order valence-corrected chi connectivity index (χ1v) is 9.36. The van der Waals surface area contributed by atoms with Crippen molar-refractivity contribution in [3.05, 3.63) is 17.0 Å². The number of nitrogens with zero attached hydrogens (tertiary/aromatic N) is 4. The molecule has 0 saturated carbocycles. The molecule has 9 nitrogen and oxygen atoms in total. The van der Waals surface area contributed by atoms with E-state index in [4.69, 9.17) is 4.52 Å². The zero-order valence-corrected chi connectivity index (χ0v) is 16.5. The van der Waals surface area contributed by atoms with Gasteiger partial charge in [0.15, 0.2) is 0 Å². The van der Waals surface area contributed by atoms with Crippen LogP contribution < -0.4 is 5.32 Å². The van der Waals surface area contributed by atoms with Gasteiger partial charge in [-0.25, -0.2) is 4.79 Å². The Morgan fingerprint density at radius 2 is 1.78 bits per heavy atom. The lowest BCUT2D eigenvalue weighted by molar-refractivity contribution is -0.131. The molecule has 2 aliphatic heterocycles. The van der Waals surface area contributed by atoms with E-state index in [0.29, 0.717) is 6.54 Å². The van der Waals surface area contributed by atoms with Gasteiger partial charge in [0.2, 0.25) is 0 Å². The van der Waals surface area contributed by atoms with Crippen molar-refractivity contribution >= 4 is 11.9 Å². The summed E-state index contributed by atoms with van der Waals surface area (Å²) in [4.78, 5) is 29.8. The first kappa shape index (κ1) is 19.8. The van der Waals surface area contributed by atoms with Crippen LogP contribution in [-0.4, -0.2) is 87.8 Å². The van der Waals surface area contributed by atoms with E-state index < -0.39 is 17.7 Å². The maximum atomic E-state index is 12.2. The van der Waals surface area contributed by atoms with Gasteiger partial charge in [0.25, 0.3) is 5.91 Å². The van der Waals surface area contributed by atoms with Crippen molar-refractivity contribution in [2.45, 2.75) is 45.9 Å². The Morgan fingerprint density at radius 3 is 2.30 bits per heavy atom. The number of carbonyl (C=O) groups is 2. The Labute approximate surface area is 159 Å². The first-order valence-electron chi connectivity index (χ1n) is 9.36. The Kier molecular flexibility index (Phi) is 5.55. The molecule has 2 N–H and O–H groups in total. The zero-order valence-electron chi connectivity index (χ0n) is 16.5. The zero-order chi connectivity index (χ0) is 19.8. The van der Waals surface area contributed by atoms with Gasteiger partial charge in [0.1, 0.15) is 11.3 Å². The van der Waals surface area contributed by atoms with E-state index in [2.05, 4.69) is 20.3 Å². The minimum absolute atomic E-state index is 0.0212. The summed E-state index contributed by atoms with van der Waals surface area (Å²) in [5.74, 6) is 0.567. The minimum atomic E-state index is -0.902. The molecule has 2 saturated heterocycles. The lowest BCUT2D eigenvalue weighted by atomic mass is 10.1. The van der Waals surface area contributed by atoms with Crippen molar-refractivity contribution < 1.29 is 19.2 Å². The fourth-order valence-corrected chi connectivity index (χ4v) is 3.63. The molecule has 150 valence electrons. The van der Waals surface area contributed by atoms with Crippen LogP contribution in [0.3, 0.4) is 0 Å². The highest BCUT2D eigenvalue weighted by Crippen LogP contribution is 2.18. The van der Waals surface area contributed by atoms with Crippen LogP contribution in [0.1, 0.15) is 30.9 Å². The summed E-state index contributed by atoms with van der Waals surface area (Å²) in [7, 11) is 0. The van der Waals surface area contributed by atoms with E-state index in [9.17, 15) is 14.7 Å². The summed E-state index contributed by atoms with van der Waals surface area (Å²) in [6.07, 6.45) is -0.761. The highest BCUT2D eigenvalue weighted by atomic mass is 16.5. The number of urea groups is 1. The van der Waals surface area contributed by atoms with E-state index >= 15 is 0 Å².